The van der Waals surface area contributed by atoms with Crippen molar-refractivity contribution in [3.8, 4) is 0 Å². The predicted molar refractivity (Wildman–Crippen MR) is 78.8 cm³/mol. The molecule has 0 amide bonds. The SMILES string of the molecule is CCNC(CCCC(C)(C)C)c1ccc(C)s1. The molecule has 1 N–H and O–H groups in total. The first-order valence-corrected chi connectivity index (χ1v) is 7.54. The second-order valence-electron chi connectivity index (χ2n) is 6.01. The van der Waals surface area contributed by atoms with E-state index in [1.54, 1.807) is 0 Å². The average Bonchev–Trinajstić information content (AvgIpc) is 2.62. The van der Waals surface area contributed by atoms with Crippen LogP contribution in [0.2, 0.25) is 0 Å². The summed E-state index contributed by atoms with van der Waals surface area (Å²) in [4.78, 5) is 2.91. The van der Waals surface area contributed by atoms with Gasteiger partial charge in [-0.3, -0.25) is 0 Å². The average molecular weight is 253 g/mol. The minimum Gasteiger partial charge on any atom is -0.310 e. The van der Waals surface area contributed by atoms with Crippen molar-refractivity contribution in [3.63, 3.8) is 0 Å². The van der Waals surface area contributed by atoms with Gasteiger partial charge in [-0.25, -0.2) is 0 Å². The van der Waals surface area contributed by atoms with E-state index in [4.69, 9.17) is 0 Å². The van der Waals surface area contributed by atoms with Crippen LogP contribution in [0.3, 0.4) is 0 Å². The van der Waals surface area contributed by atoms with Gasteiger partial charge in [0, 0.05) is 15.8 Å². The molecule has 1 atom stereocenters. The molecule has 0 saturated carbocycles. The van der Waals surface area contributed by atoms with Gasteiger partial charge < -0.3 is 5.32 Å². The molecule has 0 spiro atoms. The first-order valence-electron chi connectivity index (χ1n) is 6.72. The molecule has 1 nitrogen and oxygen atoms in total. The van der Waals surface area contributed by atoms with Crippen LogP contribution in [0.5, 0.6) is 0 Å². The van der Waals surface area contributed by atoms with Gasteiger partial charge in [-0.2, -0.15) is 0 Å². The third-order valence-electron chi connectivity index (χ3n) is 2.97. The van der Waals surface area contributed by atoms with E-state index < -0.39 is 0 Å². The predicted octanol–water partition coefficient (Wildman–Crippen LogP) is 4.92. The van der Waals surface area contributed by atoms with Crippen LogP contribution in [0.25, 0.3) is 0 Å². The van der Waals surface area contributed by atoms with Crippen molar-refractivity contribution >= 4 is 11.3 Å². The van der Waals surface area contributed by atoms with Gasteiger partial charge in [-0.05, 0) is 43.9 Å². The molecule has 1 unspecified atom stereocenters. The summed E-state index contributed by atoms with van der Waals surface area (Å²) in [6.07, 6.45) is 3.86. The number of thiophene rings is 1. The Labute approximate surface area is 111 Å². The molecular weight excluding hydrogens is 226 g/mol. The third-order valence-corrected chi connectivity index (χ3v) is 4.09. The van der Waals surface area contributed by atoms with Crippen molar-refractivity contribution in [3.05, 3.63) is 21.9 Å². The zero-order valence-electron chi connectivity index (χ0n) is 12.0. The Balaban J connectivity index is 2.49. The van der Waals surface area contributed by atoms with Crippen LogP contribution in [-0.2, 0) is 0 Å². The highest BCUT2D eigenvalue weighted by atomic mass is 32.1. The molecule has 1 rings (SSSR count). The maximum absolute atomic E-state index is 3.61. The van der Waals surface area contributed by atoms with Crippen LogP contribution in [-0.4, -0.2) is 6.54 Å². The fourth-order valence-electron chi connectivity index (χ4n) is 2.07. The van der Waals surface area contributed by atoms with E-state index in [0.717, 1.165) is 6.54 Å². The van der Waals surface area contributed by atoms with E-state index in [0.29, 0.717) is 11.5 Å². The highest BCUT2D eigenvalue weighted by Gasteiger charge is 2.15. The molecule has 0 radical (unpaired) electrons. The number of hydrogen-bond acceptors (Lipinski definition) is 2. The molecule has 0 aliphatic rings. The van der Waals surface area contributed by atoms with Crippen molar-refractivity contribution in [2.45, 2.75) is 59.9 Å². The van der Waals surface area contributed by atoms with Gasteiger partial charge in [0.15, 0.2) is 0 Å². The van der Waals surface area contributed by atoms with E-state index in [-0.39, 0.29) is 0 Å². The van der Waals surface area contributed by atoms with Gasteiger partial charge in [0.25, 0.3) is 0 Å². The van der Waals surface area contributed by atoms with Gasteiger partial charge in [0.1, 0.15) is 0 Å². The molecular formula is C15H27NS. The van der Waals surface area contributed by atoms with Gasteiger partial charge in [0.05, 0.1) is 0 Å². The van der Waals surface area contributed by atoms with Crippen molar-refractivity contribution in [1.29, 1.82) is 0 Å². The Hall–Kier alpha value is -0.340. The zero-order valence-corrected chi connectivity index (χ0v) is 12.8. The van der Waals surface area contributed by atoms with Crippen LogP contribution in [0.15, 0.2) is 12.1 Å². The van der Waals surface area contributed by atoms with Gasteiger partial charge in [0.2, 0.25) is 0 Å². The lowest BCUT2D eigenvalue weighted by Gasteiger charge is -2.21. The maximum Gasteiger partial charge on any atom is 0.0414 e. The number of rotatable bonds is 6. The van der Waals surface area contributed by atoms with E-state index in [1.165, 1.54) is 29.0 Å². The maximum atomic E-state index is 3.61. The zero-order chi connectivity index (χ0) is 12.9. The molecule has 0 aliphatic heterocycles. The van der Waals surface area contributed by atoms with Crippen LogP contribution in [0.1, 0.15) is 62.8 Å². The van der Waals surface area contributed by atoms with Crippen LogP contribution >= 0.6 is 11.3 Å². The van der Waals surface area contributed by atoms with Crippen LogP contribution < -0.4 is 5.32 Å². The van der Waals surface area contributed by atoms with E-state index in [2.05, 4.69) is 52.1 Å². The van der Waals surface area contributed by atoms with Gasteiger partial charge in [-0.1, -0.05) is 34.1 Å². The van der Waals surface area contributed by atoms with Crippen molar-refractivity contribution in [1.82, 2.24) is 5.32 Å². The molecule has 1 aromatic rings. The summed E-state index contributed by atoms with van der Waals surface area (Å²) in [7, 11) is 0. The summed E-state index contributed by atoms with van der Waals surface area (Å²) < 4.78 is 0. The van der Waals surface area contributed by atoms with E-state index in [9.17, 15) is 0 Å². The minimum absolute atomic E-state index is 0.460. The number of aryl methyl sites for hydroxylation is 1. The fourth-order valence-corrected chi connectivity index (χ4v) is 3.06. The highest BCUT2D eigenvalue weighted by Crippen LogP contribution is 2.29. The Morgan fingerprint density at radius 2 is 2.00 bits per heavy atom. The topological polar surface area (TPSA) is 12.0 Å². The Bertz CT molecular complexity index is 322. The molecule has 0 fully saturated rings. The molecule has 17 heavy (non-hydrogen) atoms. The normalized spacial score (nSPS) is 13.9. The minimum atomic E-state index is 0.460. The van der Waals surface area contributed by atoms with E-state index in [1.807, 2.05) is 11.3 Å². The number of hydrogen-bond donors (Lipinski definition) is 1. The quantitative estimate of drug-likeness (QED) is 0.758. The molecule has 0 bridgehead atoms. The largest absolute Gasteiger partial charge is 0.310 e. The summed E-state index contributed by atoms with van der Waals surface area (Å²) in [5.41, 5.74) is 0.460. The highest BCUT2D eigenvalue weighted by molar-refractivity contribution is 7.12. The molecule has 0 aliphatic carbocycles. The monoisotopic (exact) mass is 253 g/mol. The lowest BCUT2D eigenvalue weighted by atomic mass is 9.89. The first kappa shape index (κ1) is 14.7. The van der Waals surface area contributed by atoms with E-state index >= 15 is 0 Å². The summed E-state index contributed by atoms with van der Waals surface area (Å²) in [5, 5.41) is 3.61. The molecule has 1 aromatic heterocycles. The van der Waals surface area contributed by atoms with Gasteiger partial charge in [-0.15, -0.1) is 11.3 Å². The Kier molecular flexibility index (Phi) is 5.68. The fraction of sp³-hybridized carbons (Fsp3) is 0.733. The standard InChI is InChI=1S/C15H27NS/c1-6-16-13(8-7-11-15(3,4)5)14-10-9-12(2)17-14/h9-10,13,16H,6-8,11H2,1-5H3. The molecule has 2 heteroatoms. The molecule has 0 aromatic carbocycles. The summed E-state index contributed by atoms with van der Waals surface area (Å²) in [5.74, 6) is 0. The summed E-state index contributed by atoms with van der Waals surface area (Å²) >= 11 is 1.93. The second-order valence-corrected chi connectivity index (χ2v) is 7.33. The first-order chi connectivity index (χ1) is 7.92. The van der Waals surface area contributed by atoms with Crippen LogP contribution in [0.4, 0.5) is 0 Å². The van der Waals surface area contributed by atoms with Crippen LogP contribution in [0, 0.1) is 12.3 Å². The Morgan fingerprint density at radius 1 is 1.29 bits per heavy atom. The second kappa shape index (κ2) is 6.55. The van der Waals surface area contributed by atoms with Crippen molar-refractivity contribution in [2.75, 3.05) is 6.54 Å². The molecule has 1 heterocycles. The number of nitrogens with one attached hydrogen (secondary N) is 1. The molecule has 0 saturated heterocycles. The Morgan fingerprint density at radius 3 is 2.47 bits per heavy atom. The van der Waals surface area contributed by atoms with Crippen molar-refractivity contribution < 1.29 is 0 Å². The lowest BCUT2D eigenvalue weighted by molar-refractivity contribution is 0.345. The summed E-state index contributed by atoms with van der Waals surface area (Å²) in [6, 6.07) is 5.07. The van der Waals surface area contributed by atoms with Gasteiger partial charge >= 0.3 is 0 Å². The molecule has 98 valence electrons. The third kappa shape index (κ3) is 5.69. The smallest absolute Gasteiger partial charge is 0.0414 e. The summed E-state index contributed by atoms with van der Waals surface area (Å²) in [6.45, 7) is 12.4. The van der Waals surface area contributed by atoms with Crippen molar-refractivity contribution in [2.24, 2.45) is 5.41 Å². The lowest BCUT2D eigenvalue weighted by Crippen LogP contribution is -2.20.